The number of aromatic amines is 1. The van der Waals surface area contributed by atoms with Crippen LogP contribution in [0.5, 0.6) is 0 Å². The van der Waals surface area contributed by atoms with E-state index in [1.807, 2.05) is 18.3 Å². The third kappa shape index (κ3) is 3.92. The van der Waals surface area contributed by atoms with Gasteiger partial charge in [0.25, 0.3) is 0 Å². The Balaban J connectivity index is 1.53. The lowest BCUT2D eigenvalue weighted by Crippen LogP contribution is -2.38. The second-order valence-electron chi connectivity index (χ2n) is 6.12. The van der Waals surface area contributed by atoms with E-state index >= 15 is 0 Å². The molecule has 1 amide bonds. The maximum absolute atomic E-state index is 13.0. The normalized spacial score (nSPS) is 17.3. The number of aliphatic hydroxyl groups excluding tert-OH is 1. The number of amides is 1. The zero-order valence-corrected chi connectivity index (χ0v) is 13.4. The second kappa shape index (κ2) is 7.45. The molecular formula is C19H21FN2O2. The van der Waals surface area contributed by atoms with Gasteiger partial charge in [-0.25, -0.2) is 4.39 Å². The number of nitrogens with zero attached hydrogens (tertiary/aromatic N) is 1. The Hall–Kier alpha value is -2.40. The monoisotopic (exact) mass is 328 g/mol. The van der Waals surface area contributed by atoms with Crippen molar-refractivity contribution in [1.29, 1.82) is 0 Å². The van der Waals surface area contributed by atoms with Crippen molar-refractivity contribution in [1.82, 2.24) is 9.88 Å². The largest absolute Gasteiger partial charge is 0.388 e. The SMILES string of the molecule is O=C(/C=C/c1ccc[nH]1)N1CCC(C(O)c2ccc(F)cc2)CC1. The molecule has 4 nitrogen and oxygen atoms in total. The number of aliphatic hydroxyl groups is 1. The standard InChI is InChI=1S/C19H21FN2O2/c20-16-5-3-14(4-6-16)19(24)15-9-12-22(13-10-15)18(23)8-7-17-2-1-11-21-17/h1-8,11,15,19,21,24H,9-10,12-13H2/b8-7+. The maximum Gasteiger partial charge on any atom is 0.246 e. The fourth-order valence-corrected chi connectivity index (χ4v) is 3.08. The predicted octanol–water partition coefficient (Wildman–Crippen LogP) is 3.14. The molecule has 2 heterocycles. The minimum absolute atomic E-state index is 0.0145. The molecule has 24 heavy (non-hydrogen) atoms. The van der Waals surface area contributed by atoms with Crippen LogP contribution in [0.1, 0.15) is 30.2 Å². The number of halogens is 1. The van der Waals surface area contributed by atoms with Crippen molar-refractivity contribution in [2.24, 2.45) is 5.92 Å². The molecule has 0 aliphatic carbocycles. The summed E-state index contributed by atoms with van der Waals surface area (Å²) in [5, 5.41) is 10.4. The van der Waals surface area contributed by atoms with Gasteiger partial charge in [-0.3, -0.25) is 4.79 Å². The average Bonchev–Trinajstić information content (AvgIpc) is 3.13. The molecule has 1 atom stereocenters. The first-order valence-electron chi connectivity index (χ1n) is 8.17. The zero-order valence-electron chi connectivity index (χ0n) is 13.4. The summed E-state index contributed by atoms with van der Waals surface area (Å²) in [7, 11) is 0. The molecule has 1 saturated heterocycles. The maximum atomic E-state index is 13.0. The summed E-state index contributed by atoms with van der Waals surface area (Å²) in [4.78, 5) is 17.0. The van der Waals surface area contributed by atoms with E-state index in [4.69, 9.17) is 0 Å². The van der Waals surface area contributed by atoms with Gasteiger partial charge in [-0.2, -0.15) is 0 Å². The van der Waals surface area contributed by atoms with Crippen molar-refractivity contribution in [3.63, 3.8) is 0 Å². The Bertz CT molecular complexity index is 687. The fourth-order valence-electron chi connectivity index (χ4n) is 3.08. The zero-order chi connectivity index (χ0) is 16.9. The van der Waals surface area contributed by atoms with E-state index in [-0.39, 0.29) is 17.6 Å². The van der Waals surface area contributed by atoms with Crippen LogP contribution in [0, 0.1) is 11.7 Å². The third-order valence-electron chi connectivity index (χ3n) is 4.54. The highest BCUT2D eigenvalue weighted by atomic mass is 19.1. The van der Waals surface area contributed by atoms with Crippen molar-refractivity contribution >= 4 is 12.0 Å². The van der Waals surface area contributed by atoms with Crippen LogP contribution in [0.15, 0.2) is 48.7 Å². The number of piperidine rings is 1. The Kier molecular flexibility index (Phi) is 5.11. The van der Waals surface area contributed by atoms with Gasteiger partial charge >= 0.3 is 0 Å². The van der Waals surface area contributed by atoms with Gasteiger partial charge < -0.3 is 15.0 Å². The van der Waals surface area contributed by atoms with Gasteiger partial charge in [0.2, 0.25) is 5.91 Å². The van der Waals surface area contributed by atoms with E-state index in [2.05, 4.69) is 4.98 Å². The van der Waals surface area contributed by atoms with Crippen molar-refractivity contribution in [3.8, 4) is 0 Å². The first-order valence-corrected chi connectivity index (χ1v) is 8.17. The van der Waals surface area contributed by atoms with E-state index in [1.165, 1.54) is 12.1 Å². The smallest absolute Gasteiger partial charge is 0.246 e. The molecule has 2 N–H and O–H groups in total. The molecule has 0 saturated carbocycles. The molecule has 0 bridgehead atoms. The average molecular weight is 328 g/mol. The Morgan fingerprint density at radius 1 is 1.25 bits per heavy atom. The van der Waals surface area contributed by atoms with Crippen LogP contribution in [0.25, 0.3) is 6.08 Å². The molecule has 126 valence electrons. The number of carbonyl (C=O) groups is 1. The topological polar surface area (TPSA) is 56.3 Å². The van der Waals surface area contributed by atoms with Gasteiger partial charge in [0, 0.05) is 31.1 Å². The molecule has 3 rings (SSSR count). The van der Waals surface area contributed by atoms with E-state index in [9.17, 15) is 14.3 Å². The number of benzene rings is 1. The lowest BCUT2D eigenvalue weighted by molar-refractivity contribution is -0.127. The second-order valence-corrected chi connectivity index (χ2v) is 6.12. The van der Waals surface area contributed by atoms with E-state index in [0.29, 0.717) is 13.1 Å². The fraction of sp³-hybridized carbons (Fsp3) is 0.316. The number of H-pyrrole nitrogens is 1. The summed E-state index contributed by atoms with van der Waals surface area (Å²) < 4.78 is 13.0. The summed E-state index contributed by atoms with van der Waals surface area (Å²) in [6, 6.07) is 9.75. The number of rotatable bonds is 4. The first kappa shape index (κ1) is 16.5. The summed E-state index contributed by atoms with van der Waals surface area (Å²) in [5.41, 5.74) is 1.62. The molecule has 1 fully saturated rings. The summed E-state index contributed by atoms with van der Waals surface area (Å²) in [6.45, 7) is 1.24. The molecule has 5 heteroatoms. The molecular weight excluding hydrogens is 307 g/mol. The summed E-state index contributed by atoms with van der Waals surface area (Å²) >= 11 is 0. The van der Waals surface area contributed by atoms with E-state index in [0.717, 1.165) is 24.1 Å². The number of aromatic nitrogens is 1. The predicted molar refractivity (Wildman–Crippen MR) is 90.5 cm³/mol. The van der Waals surface area contributed by atoms with Gasteiger partial charge in [-0.15, -0.1) is 0 Å². The molecule has 2 aromatic rings. The lowest BCUT2D eigenvalue weighted by Gasteiger charge is -2.33. The van der Waals surface area contributed by atoms with Crippen molar-refractivity contribution in [3.05, 3.63) is 65.7 Å². The molecule has 0 radical (unpaired) electrons. The highest BCUT2D eigenvalue weighted by Crippen LogP contribution is 2.30. The quantitative estimate of drug-likeness (QED) is 0.847. The van der Waals surface area contributed by atoms with Gasteiger partial charge in [-0.1, -0.05) is 12.1 Å². The molecule has 1 unspecified atom stereocenters. The molecule has 1 aromatic carbocycles. The summed E-state index contributed by atoms with van der Waals surface area (Å²) in [6.07, 6.45) is 6.01. The number of nitrogens with one attached hydrogen (secondary N) is 1. The third-order valence-corrected chi connectivity index (χ3v) is 4.54. The molecule has 1 aromatic heterocycles. The van der Waals surface area contributed by atoms with E-state index in [1.54, 1.807) is 29.2 Å². The number of carbonyl (C=O) groups excluding carboxylic acids is 1. The highest BCUT2D eigenvalue weighted by molar-refractivity contribution is 5.91. The summed E-state index contributed by atoms with van der Waals surface area (Å²) in [5.74, 6) is -0.230. The lowest BCUT2D eigenvalue weighted by atomic mass is 9.87. The van der Waals surface area contributed by atoms with E-state index < -0.39 is 6.10 Å². The molecule has 1 aliphatic heterocycles. The Morgan fingerprint density at radius 3 is 2.58 bits per heavy atom. The number of hydrogen-bond acceptors (Lipinski definition) is 2. The van der Waals surface area contributed by atoms with Crippen LogP contribution in [-0.4, -0.2) is 34.0 Å². The van der Waals surface area contributed by atoms with Crippen LogP contribution in [0.3, 0.4) is 0 Å². The Labute approximate surface area is 140 Å². The number of likely N-dealkylation sites (tertiary alicyclic amines) is 1. The van der Waals surface area contributed by atoms with Gasteiger partial charge in [-0.05, 0) is 54.7 Å². The van der Waals surface area contributed by atoms with Crippen LogP contribution < -0.4 is 0 Å². The van der Waals surface area contributed by atoms with Gasteiger partial charge in [0.15, 0.2) is 0 Å². The van der Waals surface area contributed by atoms with Crippen molar-refractivity contribution < 1.29 is 14.3 Å². The van der Waals surface area contributed by atoms with Crippen LogP contribution in [0.2, 0.25) is 0 Å². The van der Waals surface area contributed by atoms with Crippen LogP contribution >= 0.6 is 0 Å². The number of hydrogen-bond donors (Lipinski definition) is 2. The van der Waals surface area contributed by atoms with Crippen LogP contribution in [-0.2, 0) is 4.79 Å². The Morgan fingerprint density at radius 2 is 1.96 bits per heavy atom. The van der Waals surface area contributed by atoms with Gasteiger partial charge in [0.1, 0.15) is 5.82 Å². The minimum atomic E-state index is -0.614. The highest BCUT2D eigenvalue weighted by Gasteiger charge is 2.27. The van der Waals surface area contributed by atoms with Crippen molar-refractivity contribution in [2.75, 3.05) is 13.1 Å². The molecule has 0 spiro atoms. The minimum Gasteiger partial charge on any atom is -0.388 e. The van der Waals surface area contributed by atoms with Crippen LogP contribution in [0.4, 0.5) is 4.39 Å². The first-order chi connectivity index (χ1) is 11.6. The molecule has 1 aliphatic rings. The van der Waals surface area contributed by atoms with Crippen molar-refractivity contribution in [2.45, 2.75) is 18.9 Å². The van der Waals surface area contributed by atoms with Gasteiger partial charge in [0.05, 0.1) is 6.10 Å².